The minimum atomic E-state index is 0.158. The second-order valence-corrected chi connectivity index (χ2v) is 4.21. The third-order valence-electron chi connectivity index (χ3n) is 2.80. The molecule has 0 spiro atoms. The van der Waals surface area contributed by atoms with Crippen molar-refractivity contribution in [2.75, 3.05) is 20.3 Å². The van der Waals surface area contributed by atoms with Crippen molar-refractivity contribution in [1.82, 2.24) is 0 Å². The molecule has 1 N–H and O–H groups in total. The number of rotatable bonds is 6. The maximum absolute atomic E-state index is 8.86. The van der Waals surface area contributed by atoms with Crippen molar-refractivity contribution < 1.29 is 14.6 Å². The van der Waals surface area contributed by atoms with E-state index in [2.05, 4.69) is 0 Å². The van der Waals surface area contributed by atoms with Crippen molar-refractivity contribution >= 4 is 0 Å². The van der Waals surface area contributed by atoms with Crippen molar-refractivity contribution in [3.63, 3.8) is 0 Å². The zero-order valence-corrected chi connectivity index (χ0v) is 9.61. The summed E-state index contributed by atoms with van der Waals surface area (Å²) < 4.78 is 11.0. The van der Waals surface area contributed by atoms with E-state index in [0.29, 0.717) is 6.42 Å². The summed E-state index contributed by atoms with van der Waals surface area (Å²) in [6.45, 7) is 0.946. The van der Waals surface area contributed by atoms with Crippen molar-refractivity contribution in [3.8, 4) is 11.5 Å². The summed E-state index contributed by atoms with van der Waals surface area (Å²) in [6.07, 6.45) is 3.22. The molecule has 0 unspecified atom stereocenters. The lowest BCUT2D eigenvalue weighted by atomic mass is 10.1. The minimum Gasteiger partial charge on any atom is -0.493 e. The summed E-state index contributed by atoms with van der Waals surface area (Å²) in [5.74, 6) is 2.30. The van der Waals surface area contributed by atoms with Gasteiger partial charge in [-0.3, -0.25) is 0 Å². The highest BCUT2D eigenvalue weighted by Crippen LogP contribution is 2.33. The highest BCUT2D eigenvalue weighted by Gasteiger charge is 2.22. The summed E-state index contributed by atoms with van der Waals surface area (Å²) in [4.78, 5) is 0. The van der Waals surface area contributed by atoms with Gasteiger partial charge in [0.2, 0.25) is 0 Å². The molecule has 0 heterocycles. The standard InChI is InChI=1S/C13H18O3/c1-15-13-8-10(6-7-14)4-5-12(13)16-9-11-2-3-11/h4-5,8,11,14H,2-3,6-7,9H2,1H3. The van der Waals surface area contributed by atoms with Crippen LogP contribution in [0, 0.1) is 5.92 Å². The van der Waals surface area contributed by atoms with Crippen molar-refractivity contribution in [1.29, 1.82) is 0 Å². The summed E-state index contributed by atoms with van der Waals surface area (Å²) in [6, 6.07) is 5.83. The van der Waals surface area contributed by atoms with Crippen LogP contribution in [0.4, 0.5) is 0 Å². The van der Waals surface area contributed by atoms with Crippen LogP contribution in [0.3, 0.4) is 0 Å². The molecule has 3 nitrogen and oxygen atoms in total. The normalized spacial score (nSPS) is 14.9. The maximum Gasteiger partial charge on any atom is 0.161 e. The fourth-order valence-corrected chi connectivity index (χ4v) is 1.61. The van der Waals surface area contributed by atoms with Crippen LogP contribution >= 0.6 is 0 Å². The summed E-state index contributed by atoms with van der Waals surface area (Å²) >= 11 is 0. The first-order valence-electron chi connectivity index (χ1n) is 5.74. The van der Waals surface area contributed by atoms with Crippen LogP contribution in [0.25, 0.3) is 0 Å². The molecule has 0 aliphatic heterocycles. The van der Waals surface area contributed by atoms with Crippen LogP contribution in [-0.4, -0.2) is 25.4 Å². The van der Waals surface area contributed by atoms with Crippen molar-refractivity contribution in [2.24, 2.45) is 5.92 Å². The molecule has 0 aromatic heterocycles. The zero-order valence-electron chi connectivity index (χ0n) is 9.61. The molecule has 0 radical (unpaired) electrons. The van der Waals surface area contributed by atoms with Crippen LogP contribution in [0.2, 0.25) is 0 Å². The number of hydrogen-bond donors (Lipinski definition) is 1. The Hall–Kier alpha value is -1.22. The molecule has 0 saturated heterocycles. The molecule has 1 aromatic rings. The third kappa shape index (κ3) is 2.89. The van der Waals surface area contributed by atoms with E-state index in [1.165, 1.54) is 12.8 Å². The Morgan fingerprint density at radius 2 is 2.12 bits per heavy atom. The lowest BCUT2D eigenvalue weighted by molar-refractivity contribution is 0.279. The number of aliphatic hydroxyl groups is 1. The molecule has 1 aromatic carbocycles. The first-order valence-corrected chi connectivity index (χ1v) is 5.74. The highest BCUT2D eigenvalue weighted by atomic mass is 16.5. The van der Waals surface area contributed by atoms with Gasteiger partial charge in [-0.15, -0.1) is 0 Å². The number of benzene rings is 1. The number of aliphatic hydroxyl groups excluding tert-OH is 1. The Morgan fingerprint density at radius 3 is 2.75 bits per heavy atom. The zero-order chi connectivity index (χ0) is 11.4. The Labute approximate surface area is 96.0 Å². The first-order chi connectivity index (χ1) is 7.83. The first kappa shape index (κ1) is 11.3. The van der Waals surface area contributed by atoms with E-state index in [4.69, 9.17) is 14.6 Å². The maximum atomic E-state index is 8.86. The van der Waals surface area contributed by atoms with Gasteiger partial charge in [0.15, 0.2) is 11.5 Å². The van der Waals surface area contributed by atoms with Crippen LogP contribution in [0.1, 0.15) is 18.4 Å². The predicted molar refractivity (Wildman–Crippen MR) is 62.0 cm³/mol. The fourth-order valence-electron chi connectivity index (χ4n) is 1.61. The van der Waals surface area contributed by atoms with Crippen LogP contribution in [0.15, 0.2) is 18.2 Å². The van der Waals surface area contributed by atoms with Crippen LogP contribution in [0.5, 0.6) is 11.5 Å². The van der Waals surface area contributed by atoms with Gasteiger partial charge in [0.25, 0.3) is 0 Å². The Balaban J connectivity index is 2.03. The van der Waals surface area contributed by atoms with Gasteiger partial charge < -0.3 is 14.6 Å². The van der Waals surface area contributed by atoms with Gasteiger partial charge in [0.1, 0.15) is 0 Å². The molecule has 0 amide bonds. The van der Waals surface area contributed by atoms with Gasteiger partial charge in [-0.2, -0.15) is 0 Å². The molecule has 88 valence electrons. The Morgan fingerprint density at radius 1 is 1.31 bits per heavy atom. The van der Waals surface area contributed by atoms with E-state index in [1.807, 2.05) is 18.2 Å². The highest BCUT2D eigenvalue weighted by molar-refractivity contribution is 5.43. The van der Waals surface area contributed by atoms with E-state index < -0.39 is 0 Å². The Bertz CT molecular complexity index is 345. The SMILES string of the molecule is COc1cc(CCO)ccc1OCC1CC1. The second-order valence-electron chi connectivity index (χ2n) is 4.21. The molecular weight excluding hydrogens is 204 g/mol. The third-order valence-corrected chi connectivity index (χ3v) is 2.80. The molecular formula is C13H18O3. The summed E-state index contributed by atoms with van der Waals surface area (Å²) in [5.41, 5.74) is 1.07. The van der Waals surface area contributed by atoms with Crippen LogP contribution < -0.4 is 9.47 Å². The van der Waals surface area contributed by atoms with Gasteiger partial charge >= 0.3 is 0 Å². The molecule has 1 aliphatic carbocycles. The fraction of sp³-hybridized carbons (Fsp3) is 0.538. The second kappa shape index (κ2) is 5.21. The molecule has 1 aliphatic rings. The van der Waals surface area contributed by atoms with Gasteiger partial charge in [-0.25, -0.2) is 0 Å². The van der Waals surface area contributed by atoms with Crippen molar-refractivity contribution in [3.05, 3.63) is 23.8 Å². The average molecular weight is 222 g/mol. The quantitative estimate of drug-likeness (QED) is 0.800. The average Bonchev–Trinajstić information content (AvgIpc) is 3.11. The smallest absolute Gasteiger partial charge is 0.161 e. The molecule has 1 fully saturated rings. The van der Waals surface area contributed by atoms with Gasteiger partial charge in [-0.05, 0) is 42.9 Å². The predicted octanol–water partition coefficient (Wildman–Crippen LogP) is 2.02. The van der Waals surface area contributed by atoms with Gasteiger partial charge in [0, 0.05) is 6.61 Å². The monoisotopic (exact) mass is 222 g/mol. The van der Waals surface area contributed by atoms with Crippen LogP contribution in [-0.2, 0) is 6.42 Å². The number of methoxy groups -OCH3 is 1. The van der Waals surface area contributed by atoms with E-state index >= 15 is 0 Å². The molecule has 0 bridgehead atoms. The molecule has 3 heteroatoms. The molecule has 2 rings (SSSR count). The molecule has 16 heavy (non-hydrogen) atoms. The van der Waals surface area contributed by atoms with E-state index in [1.54, 1.807) is 7.11 Å². The largest absolute Gasteiger partial charge is 0.493 e. The summed E-state index contributed by atoms with van der Waals surface area (Å²) in [5, 5.41) is 8.86. The van der Waals surface area contributed by atoms with E-state index in [9.17, 15) is 0 Å². The lowest BCUT2D eigenvalue weighted by Crippen LogP contribution is -2.01. The lowest BCUT2D eigenvalue weighted by Gasteiger charge is -2.11. The summed E-state index contributed by atoms with van der Waals surface area (Å²) in [7, 11) is 1.64. The van der Waals surface area contributed by atoms with E-state index in [0.717, 1.165) is 29.6 Å². The number of ether oxygens (including phenoxy) is 2. The Kier molecular flexibility index (Phi) is 3.67. The minimum absolute atomic E-state index is 0.158. The van der Waals surface area contributed by atoms with Gasteiger partial charge in [0.05, 0.1) is 13.7 Å². The van der Waals surface area contributed by atoms with Crippen molar-refractivity contribution in [2.45, 2.75) is 19.3 Å². The number of hydrogen-bond acceptors (Lipinski definition) is 3. The molecule has 0 atom stereocenters. The van der Waals surface area contributed by atoms with Gasteiger partial charge in [-0.1, -0.05) is 6.07 Å². The topological polar surface area (TPSA) is 38.7 Å². The van der Waals surface area contributed by atoms with E-state index in [-0.39, 0.29) is 6.61 Å². The molecule has 1 saturated carbocycles.